The fourth-order valence-corrected chi connectivity index (χ4v) is 3.25. The number of nitrogens with one attached hydrogen (secondary N) is 1. The molecule has 1 saturated carbocycles. The van der Waals surface area contributed by atoms with E-state index in [0.29, 0.717) is 12.8 Å². The van der Waals surface area contributed by atoms with Gasteiger partial charge in [0.05, 0.1) is 5.41 Å². The van der Waals surface area contributed by atoms with Gasteiger partial charge in [0.1, 0.15) is 11.5 Å². The number of para-hydroxylation sites is 1. The van der Waals surface area contributed by atoms with Crippen LogP contribution in [0.2, 0.25) is 0 Å². The Morgan fingerprint density at radius 2 is 1.92 bits per heavy atom. The zero-order valence-electron chi connectivity index (χ0n) is 13.7. The number of amides is 1. The molecule has 0 radical (unpaired) electrons. The SMILES string of the molecule is O=C(NCC1(C(=O)O)CCCCC1)c1ccn(-c2ccccc2F)n1. The molecule has 3 rings (SSSR count). The van der Waals surface area contributed by atoms with Gasteiger partial charge in [-0.2, -0.15) is 5.10 Å². The molecule has 1 heterocycles. The largest absolute Gasteiger partial charge is 0.481 e. The number of carbonyl (C=O) groups is 2. The lowest BCUT2D eigenvalue weighted by molar-refractivity contribution is -0.150. The van der Waals surface area contributed by atoms with E-state index in [1.807, 2.05) is 0 Å². The van der Waals surface area contributed by atoms with Crippen LogP contribution in [-0.2, 0) is 4.79 Å². The molecule has 0 unspecified atom stereocenters. The lowest BCUT2D eigenvalue weighted by Crippen LogP contribution is -2.44. The minimum absolute atomic E-state index is 0.0771. The first-order valence-electron chi connectivity index (χ1n) is 8.34. The van der Waals surface area contributed by atoms with Crippen molar-refractivity contribution in [1.82, 2.24) is 15.1 Å². The van der Waals surface area contributed by atoms with Crippen LogP contribution in [-0.4, -0.2) is 33.3 Å². The first-order chi connectivity index (χ1) is 12.0. The maximum Gasteiger partial charge on any atom is 0.311 e. The number of nitrogens with zero attached hydrogens (tertiary/aromatic N) is 2. The molecule has 0 bridgehead atoms. The van der Waals surface area contributed by atoms with Crippen LogP contribution >= 0.6 is 0 Å². The lowest BCUT2D eigenvalue weighted by atomic mass is 9.74. The van der Waals surface area contributed by atoms with Crippen molar-refractivity contribution in [3.05, 3.63) is 48.0 Å². The molecule has 6 nitrogen and oxygen atoms in total. The zero-order valence-corrected chi connectivity index (χ0v) is 13.7. The number of aromatic nitrogens is 2. The van der Waals surface area contributed by atoms with Crippen molar-refractivity contribution in [2.24, 2.45) is 5.41 Å². The van der Waals surface area contributed by atoms with Crippen LogP contribution in [0.3, 0.4) is 0 Å². The summed E-state index contributed by atoms with van der Waals surface area (Å²) < 4.78 is 15.1. The molecule has 25 heavy (non-hydrogen) atoms. The zero-order chi connectivity index (χ0) is 17.9. The van der Waals surface area contributed by atoms with E-state index in [0.717, 1.165) is 19.3 Å². The number of aliphatic carboxylic acids is 1. The van der Waals surface area contributed by atoms with Crippen LogP contribution in [0.25, 0.3) is 5.69 Å². The Labute approximate surface area is 144 Å². The van der Waals surface area contributed by atoms with Crippen LogP contribution in [0.5, 0.6) is 0 Å². The number of hydrogen-bond acceptors (Lipinski definition) is 3. The molecular weight excluding hydrogens is 325 g/mol. The van der Waals surface area contributed by atoms with Gasteiger partial charge in [-0.15, -0.1) is 0 Å². The maximum atomic E-state index is 13.8. The van der Waals surface area contributed by atoms with Crippen molar-refractivity contribution in [1.29, 1.82) is 0 Å². The van der Waals surface area contributed by atoms with Gasteiger partial charge in [-0.05, 0) is 31.0 Å². The summed E-state index contributed by atoms with van der Waals surface area (Å²) in [5.41, 5.74) is -0.530. The average molecular weight is 345 g/mol. The van der Waals surface area contributed by atoms with Gasteiger partial charge in [0, 0.05) is 12.7 Å². The number of rotatable bonds is 5. The minimum Gasteiger partial charge on any atom is -0.481 e. The summed E-state index contributed by atoms with van der Waals surface area (Å²) >= 11 is 0. The van der Waals surface area contributed by atoms with Gasteiger partial charge in [0.25, 0.3) is 5.91 Å². The molecule has 132 valence electrons. The summed E-state index contributed by atoms with van der Waals surface area (Å²) in [5, 5.41) is 16.3. The Bertz CT molecular complexity index is 781. The Kier molecular flexibility index (Phi) is 4.83. The van der Waals surface area contributed by atoms with E-state index in [-0.39, 0.29) is 17.9 Å². The number of carboxylic acid groups (broad SMARTS) is 1. The Balaban J connectivity index is 1.70. The van der Waals surface area contributed by atoms with E-state index >= 15 is 0 Å². The smallest absolute Gasteiger partial charge is 0.311 e. The Hall–Kier alpha value is -2.70. The number of benzene rings is 1. The van der Waals surface area contributed by atoms with Gasteiger partial charge in [0.2, 0.25) is 0 Å². The summed E-state index contributed by atoms with van der Waals surface area (Å²) in [7, 11) is 0. The molecule has 0 aliphatic heterocycles. The molecule has 0 spiro atoms. The highest BCUT2D eigenvalue weighted by Crippen LogP contribution is 2.36. The van der Waals surface area contributed by atoms with E-state index in [1.54, 1.807) is 18.2 Å². The van der Waals surface area contributed by atoms with Crippen molar-refractivity contribution in [3.63, 3.8) is 0 Å². The lowest BCUT2D eigenvalue weighted by Gasteiger charge is -2.33. The Morgan fingerprint density at radius 1 is 1.20 bits per heavy atom. The third-order valence-corrected chi connectivity index (χ3v) is 4.77. The number of carboxylic acids is 1. The van der Waals surface area contributed by atoms with Gasteiger partial charge >= 0.3 is 5.97 Å². The molecule has 2 aromatic rings. The predicted molar refractivity (Wildman–Crippen MR) is 89.0 cm³/mol. The van der Waals surface area contributed by atoms with Crippen molar-refractivity contribution < 1.29 is 19.1 Å². The molecule has 1 aliphatic rings. The van der Waals surface area contributed by atoms with Crippen LogP contribution in [0.4, 0.5) is 4.39 Å². The van der Waals surface area contributed by atoms with Crippen molar-refractivity contribution in [2.45, 2.75) is 32.1 Å². The van der Waals surface area contributed by atoms with Gasteiger partial charge < -0.3 is 10.4 Å². The Morgan fingerprint density at radius 3 is 2.60 bits per heavy atom. The highest BCUT2D eigenvalue weighted by molar-refractivity contribution is 5.92. The van der Waals surface area contributed by atoms with Gasteiger partial charge in [-0.25, -0.2) is 9.07 Å². The molecular formula is C18H20FN3O3. The predicted octanol–water partition coefficient (Wildman–Crippen LogP) is 2.78. The van der Waals surface area contributed by atoms with E-state index in [2.05, 4.69) is 10.4 Å². The number of hydrogen-bond donors (Lipinski definition) is 2. The highest BCUT2D eigenvalue weighted by atomic mass is 19.1. The van der Waals surface area contributed by atoms with Crippen LogP contribution in [0.15, 0.2) is 36.5 Å². The molecule has 1 aromatic heterocycles. The number of halogens is 1. The van der Waals surface area contributed by atoms with Gasteiger partial charge in [-0.1, -0.05) is 31.4 Å². The third-order valence-electron chi connectivity index (χ3n) is 4.77. The topological polar surface area (TPSA) is 84.2 Å². The second kappa shape index (κ2) is 7.04. The summed E-state index contributed by atoms with van der Waals surface area (Å²) in [5.74, 6) is -1.77. The standard InChI is InChI=1S/C18H20FN3O3/c19-13-6-2-3-7-15(13)22-11-8-14(21-22)16(23)20-12-18(17(24)25)9-4-1-5-10-18/h2-3,6-8,11H,1,4-5,9-10,12H2,(H,20,23)(H,24,25). The molecule has 1 aliphatic carbocycles. The van der Waals surface area contributed by atoms with Crippen molar-refractivity contribution in [3.8, 4) is 5.69 Å². The summed E-state index contributed by atoms with van der Waals surface area (Å²) in [6.07, 6.45) is 5.35. The monoisotopic (exact) mass is 345 g/mol. The van der Waals surface area contributed by atoms with Crippen molar-refractivity contribution in [2.75, 3.05) is 6.54 Å². The van der Waals surface area contributed by atoms with Crippen LogP contribution in [0, 0.1) is 11.2 Å². The third kappa shape index (κ3) is 3.55. The van der Waals surface area contributed by atoms with Gasteiger partial charge in [0.15, 0.2) is 5.69 Å². The fraction of sp³-hybridized carbons (Fsp3) is 0.389. The molecule has 1 amide bonds. The fourth-order valence-electron chi connectivity index (χ4n) is 3.25. The molecule has 2 N–H and O–H groups in total. The van der Waals surface area contributed by atoms with Crippen LogP contribution < -0.4 is 5.32 Å². The first kappa shape index (κ1) is 17.1. The molecule has 0 atom stereocenters. The first-order valence-corrected chi connectivity index (χ1v) is 8.34. The number of carbonyl (C=O) groups excluding carboxylic acids is 1. The van der Waals surface area contributed by atoms with E-state index in [1.165, 1.54) is 23.0 Å². The van der Waals surface area contributed by atoms with Crippen LogP contribution in [0.1, 0.15) is 42.6 Å². The quantitative estimate of drug-likeness (QED) is 0.873. The van der Waals surface area contributed by atoms with E-state index in [4.69, 9.17) is 0 Å². The van der Waals surface area contributed by atoms with E-state index in [9.17, 15) is 19.1 Å². The average Bonchev–Trinajstić information content (AvgIpc) is 3.10. The normalized spacial score (nSPS) is 16.4. The molecule has 0 saturated heterocycles. The summed E-state index contributed by atoms with van der Waals surface area (Å²) in [6.45, 7) is 0.0771. The maximum absolute atomic E-state index is 13.8. The van der Waals surface area contributed by atoms with E-state index < -0.39 is 23.1 Å². The molecule has 1 aromatic carbocycles. The van der Waals surface area contributed by atoms with Gasteiger partial charge in [-0.3, -0.25) is 9.59 Å². The molecule has 7 heteroatoms. The second-order valence-corrected chi connectivity index (χ2v) is 6.43. The molecule has 1 fully saturated rings. The summed E-state index contributed by atoms with van der Waals surface area (Å²) in [4.78, 5) is 23.9. The van der Waals surface area contributed by atoms with Crippen molar-refractivity contribution >= 4 is 11.9 Å². The highest BCUT2D eigenvalue weighted by Gasteiger charge is 2.39. The summed E-state index contributed by atoms with van der Waals surface area (Å²) in [6, 6.07) is 7.61. The minimum atomic E-state index is -0.901. The second-order valence-electron chi connectivity index (χ2n) is 6.43.